The van der Waals surface area contributed by atoms with E-state index in [0.29, 0.717) is 45.3 Å². The van der Waals surface area contributed by atoms with E-state index < -0.39 is 47.1 Å². The first-order valence-electron chi connectivity index (χ1n) is 15.1. The minimum Gasteiger partial charge on any atom is -0.481 e. The van der Waals surface area contributed by atoms with Gasteiger partial charge in [0, 0.05) is 12.8 Å². The number of hydrogen-bond donors (Lipinski definition) is 3. The highest BCUT2D eigenvalue weighted by molar-refractivity contribution is 7.80. The normalized spacial score (nSPS) is 37.9. The summed E-state index contributed by atoms with van der Waals surface area (Å²) in [5.41, 5.74) is 0. The number of esters is 1. The molecular weight excluding hydrogens is 544 g/mol. The van der Waals surface area contributed by atoms with Gasteiger partial charge in [-0.05, 0) is 82.5 Å². The van der Waals surface area contributed by atoms with Crippen molar-refractivity contribution in [3.63, 3.8) is 0 Å². The predicted molar refractivity (Wildman–Crippen MR) is 143 cm³/mol. The van der Waals surface area contributed by atoms with E-state index in [1.807, 2.05) is 0 Å². The Hall–Kier alpha value is -1.15. The highest BCUT2D eigenvalue weighted by atomic mass is 32.2. The van der Waals surface area contributed by atoms with Crippen molar-refractivity contribution in [1.29, 1.82) is 0 Å². The summed E-state index contributed by atoms with van der Waals surface area (Å²) in [4.78, 5) is 40.2. The van der Waals surface area contributed by atoms with Crippen molar-refractivity contribution in [3.8, 4) is 0 Å². The van der Waals surface area contributed by atoms with Gasteiger partial charge in [0.15, 0.2) is 11.1 Å². The number of carboxylic acid groups (broad SMARTS) is 1. The molecule has 0 radical (unpaired) electrons. The molecule has 10 atom stereocenters. The van der Waals surface area contributed by atoms with E-state index in [2.05, 4.69) is 4.89 Å². The third-order valence-corrected chi connectivity index (χ3v) is 10.7. The summed E-state index contributed by atoms with van der Waals surface area (Å²) in [6.07, 6.45) is 9.17. The number of ether oxygens (including phenoxy) is 1. The average molecular weight is 591 g/mol. The first kappa shape index (κ1) is 31.8. The van der Waals surface area contributed by atoms with Gasteiger partial charge in [-0.15, -0.1) is 0 Å². The standard InChI is InChI=1S/C28H46O11S/c29-20-11-12-25(26(13-20)27(30)31)28(32)37-21-7-4-10-24(15-21)40(34)39-23-9-3-8-22(14-23)38-36-17-19-6-2-1-5-18(19)16-35-33/h18-26,29,33H,1-17H2,(H,30,31). The van der Waals surface area contributed by atoms with E-state index in [1.165, 1.54) is 0 Å². The summed E-state index contributed by atoms with van der Waals surface area (Å²) in [7, 11) is 0. The maximum atomic E-state index is 13.1. The van der Waals surface area contributed by atoms with Gasteiger partial charge in [0.2, 0.25) is 0 Å². The molecule has 11 nitrogen and oxygen atoms in total. The van der Waals surface area contributed by atoms with Crippen molar-refractivity contribution in [1.82, 2.24) is 0 Å². The summed E-state index contributed by atoms with van der Waals surface area (Å²) in [5.74, 6) is -2.79. The Balaban J connectivity index is 1.19. The molecule has 3 N–H and O–H groups in total. The van der Waals surface area contributed by atoms with Gasteiger partial charge in [0.05, 0.1) is 48.6 Å². The van der Waals surface area contributed by atoms with Crippen molar-refractivity contribution in [2.24, 2.45) is 23.7 Å². The molecule has 0 spiro atoms. The Morgan fingerprint density at radius 2 is 1.45 bits per heavy atom. The second-order valence-corrected chi connectivity index (χ2v) is 13.5. The SMILES string of the molecule is O=C(O)C1CC(O)CCC1C(=O)OC1CCCC(S(=O)OC2CCCC(OOCC3CCCCC3COO)C2)C1. The maximum Gasteiger partial charge on any atom is 0.310 e. The van der Waals surface area contributed by atoms with Crippen LogP contribution in [0.1, 0.15) is 96.3 Å². The number of carbonyl (C=O) groups is 2. The van der Waals surface area contributed by atoms with Gasteiger partial charge in [-0.25, -0.2) is 18.9 Å². The van der Waals surface area contributed by atoms with E-state index in [-0.39, 0.29) is 42.1 Å². The molecule has 4 aliphatic rings. The van der Waals surface area contributed by atoms with E-state index in [1.54, 1.807) is 0 Å². The second-order valence-electron chi connectivity index (χ2n) is 12.1. The second kappa shape index (κ2) is 15.9. The van der Waals surface area contributed by atoms with Gasteiger partial charge in [-0.2, -0.15) is 0 Å². The quantitative estimate of drug-likeness (QED) is 0.172. The Morgan fingerprint density at radius 1 is 0.750 bits per heavy atom. The van der Waals surface area contributed by atoms with Gasteiger partial charge in [-0.1, -0.05) is 12.8 Å². The zero-order valence-electron chi connectivity index (χ0n) is 23.2. The number of rotatable bonds is 12. The minimum absolute atomic E-state index is 0.0527. The number of aliphatic hydroxyl groups is 1. The summed E-state index contributed by atoms with van der Waals surface area (Å²) in [6, 6.07) is 0. The Kier molecular flexibility index (Phi) is 12.6. The Labute approximate surface area is 238 Å². The van der Waals surface area contributed by atoms with Crippen molar-refractivity contribution >= 4 is 23.0 Å². The van der Waals surface area contributed by atoms with Gasteiger partial charge in [0.25, 0.3) is 0 Å². The first-order chi connectivity index (χ1) is 19.3. The van der Waals surface area contributed by atoms with Crippen LogP contribution in [0.15, 0.2) is 0 Å². The summed E-state index contributed by atoms with van der Waals surface area (Å²) < 4.78 is 24.8. The van der Waals surface area contributed by atoms with E-state index in [0.717, 1.165) is 51.4 Å². The summed E-state index contributed by atoms with van der Waals surface area (Å²) >= 11 is -1.55. The van der Waals surface area contributed by atoms with Crippen molar-refractivity contribution in [2.45, 2.75) is 126 Å². The predicted octanol–water partition coefficient (Wildman–Crippen LogP) is 3.94. The number of carbonyl (C=O) groups excluding carboxylic acids is 1. The fourth-order valence-electron chi connectivity index (χ4n) is 6.87. The molecular formula is C28H46O11S. The molecule has 230 valence electrons. The smallest absolute Gasteiger partial charge is 0.310 e. The molecule has 0 bridgehead atoms. The summed E-state index contributed by atoms with van der Waals surface area (Å²) in [6.45, 7) is 0.771. The largest absolute Gasteiger partial charge is 0.481 e. The lowest BCUT2D eigenvalue weighted by Crippen LogP contribution is -2.40. The third-order valence-electron chi connectivity index (χ3n) is 9.23. The Morgan fingerprint density at radius 3 is 2.20 bits per heavy atom. The molecule has 4 aliphatic carbocycles. The monoisotopic (exact) mass is 590 g/mol. The molecule has 40 heavy (non-hydrogen) atoms. The fraction of sp³-hybridized carbons (Fsp3) is 0.929. The molecule has 0 heterocycles. The maximum absolute atomic E-state index is 13.1. The Bertz CT molecular complexity index is 839. The molecule has 10 unspecified atom stereocenters. The zero-order valence-corrected chi connectivity index (χ0v) is 24.0. The van der Waals surface area contributed by atoms with Crippen LogP contribution in [-0.2, 0) is 44.3 Å². The summed E-state index contributed by atoms with van der Waals surface area (Å²) in [5, 5.41) is 27.9. The molecule has 0 aromatic rings. The van der Waals surface area contributed by atoms with Crippen LogP contribution in [0.5, 0.6) is 0 Å². The number of hydrogen-bond acceptors (Lipinski definition) is 10. The lowest BCUT2D eigenvalue weighted by atomic mass is 9.78. The topological polar surface area (TPSA) is 158 Å². The van der Waals surface area contributed by atoms with Gasteiger partial charge < -0.3 is 14.9 Å². The van der Waals surface area contributed by atoms with Crippen molar-refractivity contribution in [3.05, 3.63) is 0 Å². The molecule has 0 aliphatic heterocycles. The molecule has 4 rings (SSSR count). The zero-order chi connectivity index (χ0) is 28.5. The highest BCUT2D eigenvalue weighted by Crippen LogP contribution is 2.35. The van der Waals surface area contributed by atoms with Crippen molar-refractivity contribution < 1.29 is 52.9 Å². The molecule has 4 saturated carbocycles. The molecule has 0 saturated heterocycles. The van der Waals surface area contributed by atoms with Crippen LogP contribution in [-0.4, -0.2) is 74.5 Å². The van der Waals surface area contributed by atoms with Crippen molar-refractivity contribution in [2.75, 3.05) is 13.2 Å². The lowest BCUT2D eigenvalue weighted by Gasteiger charge is -2.34. The van der Waals surface area contributed by atoms with Gasteiger partial charge >= 0.3 is 11.9 Å². The molecule has 4 fully saturated rings. The molecule has 0 amide bonds. The van der Waals surface area contributed by atoms with Crippen LogP contribution < -0.4 is 0 Å². The van der Waals surface area contributed by atoms with Crippen LogP contribution in [0.2, 0.25) is 0 Å². The molecule has 0 aromatic heterocycles. The van der Waals surface area contributed by atoms with Crippen LogP contribution in [0.4, 0.5) is 0 Å². The molecule has 12 heteroatoms. The number of aliphatic hydroxyl groups excluding tert-OH is 1. The van der Waals surface area contributed by atoms with Crippen LogP contribution >= 0.6 is 0 Å². The fourth-order valence-corrected chi connectivity index (χ4v) is 8.20. The van der Waals surface area contributed by atoms with Crippen LogP contribution in [0.25, 0.3) is 0 Å². The number of carboxylic acids is 1. The lowest BCUT2D eigenvalue weighted by molar-refractivity contribution is -0.341. The van der Waals surface area contributed by atoms with Gasteiger partial charge in [0.1, 0.15) is 6.10 Å². The van der Waals surface area contributed by atoms with E-state index >= 15 is 0 Å². The third kappa shape index (κ3) is 9.17. The van der Waals surface area contributed by atoms with E-state index in [4.69, 9.17) is 24.0 Å². The van der Waals surface area contributed by atoms with Gasteiger partial charge in [-0.3, -0.25) is 19.0 Å². The average Bonchev–Trinajstić information content (AvgIpc) is 2.94. The highest BCUT2D eigenvalue weighted by Gasteiger charge is 2.41. The van der Waals surface area contributed by atoms with E-state index in [9.17, 15) is 24.0 Å². The minimum atomic E-state index is -1.55. The van der Waals surface area contributed by atoms with Crippen LogP contribution in [0, 0.1) is 23.7 Å². The number of aliphatic carboxylic acids is 1. The van der Waals surface area contributed by atoms with Crippen LogP contribution in [0.3, 0.4) is 0 Å². The first-order valence-corrected chi connectivity index (χ1v) is 16.2. The molecule has 0 aromatic carbocycles.